The molecule has 2 unspecified atom stereocenters. The zero-order valence-corrected chi connectivity index (χ0v) is 17.4. The number of nitrogens with zero attached hydrogens (tertiary/aromatic N) is 1. The molecule has 2 amide bonds. The summed E-state index contributed by atoms with van der Waals surface area (Å²) in [5, 5.41) is 3.39. The van der Waals surface area contributed by atoms with Crippen LogP contribution in [-0.2, 0) is 16.1 Å². The van der Waals surface area contributed by atoms with Gasteiger partial charge in [-0.15, -0.1) is 0 Å². The minimum atomic E-state index is -0.729. The van der Waals surface area contributed by atoms with E-state index < -0.39 is 6.10 Å². The summed E-state index contributed by atoms with van der Waals surface area (Å²) in [5.41, 5.74) is 8.13. The number of rotatable bonds is 7. The van der Waals surface area contributed by atoms with Crippen LogP contribution in [0.2, 0.25) is 5.02 Å². The van der Waals surface area contributed by atoms with Gasteiger partial charge in [0.1, 0.15) is 5.75 Å². The number of hydrogen-bond donors (Lipinski definition) is 2. The largest absolute Gasteiger partial charge is 0.479 e. The highest BCUT2D eigenvalue weighted by atomic mass is 35.5. The first-order chi connectivity index (χ1) is 13.8. The van der Waals surface area contributed by atoms with E-state index in [2.05, 4.69) is 10.2 Å². The van der Waals surface area contributed by atoms with Crippen molar-refractivity contribution >= 4 is 29.1 Å². The topological polar surface area (TPSA) is 84.7 Å². The van der Waals surface area contributed by atoms with Crippen molar-refractivity contribution in [1.29, 1.82) is 0 Å². The van der Waals surface area contributed by atoms with Crippen molar-refractivity contribution in [1.82, 2.24) is 4.90 Å². The van der Waals surface area contributed by atoms with Crippen LogP contribution < -0.4 is 15.8 Å². The first-order valence-electron chi connectivity index (χ1n) is 9.70. The minimum absolute atomic E-state index is 0.260. The van der Waals surface area contributed by atoms with Gasteiger partial charge in [0.15, 0.2) is 6.10 Å². The molecule has 0 saturated carbocycles. The Bertz CT molecular complexity index is 903. The number of aryl methyl sites for hydroxylation is 1. The van der Waals surface area contributed by atoms with Gasteiger partial charge in [0.2, 0.25) is 5.91 Å². The molecule has 6 nitrogen and oxygen atoms in total. The molecule has 0 bridgehead atoms. The lowest BCUT2D eigenvalue weighted by Crippen LogP contribution is -2.40. The molecule has 29 heavy (non-hydrogen) atoms. The highest BCUT2D eigenvalue weighted by molar-refractivity contribution is 6.32. The summed E-state index contributed by atoms with van der Waals surface area (Å²) in [6.45, 7) is 4.96. The zero-order valence-electron chi connectivity index (χ0n) is 16.7. The fraction of sp³-hybridized carbons (Fsp3) is 0.364. The Morgan fingerprint density at radius 2 is 2.07 bits per heavy atom. The van der Waals surface area contributed by atoms with Gasteiger partial charge in [0.05, 0.1) is 11.1 Å². The number of amides is 2. The molecule has 0 radical (unpaired) electrons. The summed E-state index contributed by atoms with van der Waals surface area (Å²) in [6.07, 6.45) is 0.975. The lowest BCUT2D eigenvalue weighted by molar-refractivity contribution is -0.123. The summed E-state index contributed by atoms with van der Waals surface area (Å²) in [7, 11) is 0. The van der Waals surface area contributed by atoms with Crippen LogP contribution in [0.25, 0.3) is 0 Å². The van der Waals surface area contributed by atoms with Crippen LogP contribution in [0, 0.1) is 6.92 Å². The molecule has 7 heteroatoms. The van der Waals surface area contributed by atoms with Gasteiger partial charge in [-0.05, 0) is 62.6 Å². The molecule has 154 valence electrons. The molecule has 1 aliphatic heterocycles. The Kier molecular flexibility index (Phi) is 6.77. The second-order valence-corrected chi connectivity index (χ2v) is 7.78. The number of primary amides is 1. The average molecular weight is 416 g/mol. The molecule has 2 aromatic rings. The van der Waals surface area contributed by atoms with E-state index in [9.17, 15) is 9.59 Å². The SMILES string of the molecule is Cc1ccc(Cl)c(OC(C)C(=O)Nc2ccccc2CN2CCCC2C(N)=O)c1. The molecule has 0 aliphatic carbocycles. The average Bonchev–Trinajstić information content (AvgIpc) is 3.14. The summed E-state index contributed by atoms with van der Waals surface area (Å²) in [6, 6.07) is 12.7. The molecule has 0 aromatic heterocycles. The highest BCUT2D eigenvalue weighted by Gasteiger charge is 2.29. The Labute approximate surface area is 176 Å². The molecule has 1 aliphatic rings. The van der Waals surface area contributed by atoms with Crippen molar-refractivity contribution in [2.75, 3.05) is 11.9 Å². The maximum absolute atomic E-state index is 12.7. The maximum Gasteiger partial charge on any atom is 0.265 e. The number of ether oxygens (including phenoxy) is 1. The number of para-hydroxylation sites is 1. The quantitative estimate of drug-likeness (QED) is 0.724. The monoisotopic (exact) mass is 415 g/mol. The van der Waals surface area contributed by atoms with Crippen molar-refractivity contribution in [3.8, 4) is 5.75 Å². The predicted molar refractivity (Wildman–Crippen MR) is 114 cm³/mol. The van der Waals surface area contributed by atoms with E-state index in [0.29, 0.717) is 23.0 Å². The highest BCUT2D eigenvalue weighted by Crippen LogP contribution is 2.27. The van der Waals surface area contributed by atoms with Gasteiger partial charge in [-0.1, -0.05) is 35.9 Å². The van der Waals surface area contributed by atoms with Gasteiger partial charge in [-0.25, -0.2) is 0 Å². The number of hydrogen-bond acceptors (Lipinski definition) is 4. The van der Waals surface area contributed by atoms with Crippen LogP contribution in [0.5, 0.6) is 5.75 Å². The van der Waals surface area contributed by atoms with Crippen LogP contribution >= 0.6 is 11.6 Å². The Hall–Kier alpha value is -2.57. The Morgan fingerprint density at radius 1 is 1.31 bits per heavy atom. The summed E-state index contributed by atoms with van der Waals surface area (Å²) >= 11 is 6.16. The fourth-order valence-corrected chi connectivity index (χ4v) is 3.68. The second-order valence-electron chi connectivity index (χ2n) is 7.37. The van der Waals surface area contributed by atoms with E-state index in [-0.39, 0.29) is 17.9 Å². The summed E-state index contributed by atoms with van der Waals surface area (Å²) in [5.74, 6) is -0.104. The first-order valence-corrected chi connectivity index (χ1v) is 10.1. The number of carbonyl (C=O) groups excluding carboxylic acids is 2. The van der Waals surface area contributed by atoms with Crippen molar-refractivity contribution in [2.24, 2.45) is 5.73 Å². The normalized spacial score (nSPS) is 17.7. The van der Waals surface area contributed by atoms with Crippen molar-refractivity contribution < 1.29 is 14.3 Å². The lowest BCUT2D eigenvalue weighted by Gasteiger charge is -2.23. The number of nitrogens with one attached hydrogen (secondary N) is 1. The number of anilines is 1. The van der Waals surface area contributed by atoms with Gasteiger partial charge < -0.3 is 15.8 Å². The van der Waals surface area contributed by atoms with Gasteiger partial charge in [0, 0.05) is 12.2 Å². The third-order valence-corrected chi connectivity index (χ3v) is 5.41. The van der Waals surface area contributed by atoms with Gasteiger partial charge >= 0.3 is 0 Å². The van der Waals surface area contributed by atoms with Gasteiger partial charge in [-0.2, -0.15) is 0 Å². The molecule has 3 N–H and O–H groups in total. The molecule has 3 rings (SSSR count). The first kappa shape index (κ1) is 21.1. The summed E-state index contributed by atoms with van der Waals surface area (Å²) < 4.78 is 5.77. The van der Waals surface area contributed by atoms with E-state index in [1.54, 1.807) is 19.1 Å². The van der Waals surface area contributed by atoms with Crippen molar-refractivity contribution in [2.45, 2.75) is 45.4 Å². The third-order valence-electron chi connectivity index (χ3n) is 5.10. The number of halogens is 1. The molecule has 1 saturated heterocycles. The van der Waals surface area contributed by atoms with Gasteiger partial charge in [0.25, 0.3) is 5.91 Å². The van der Waals surface area contributed by atoms with E-state index in [0.717, 1.165) is 30.5 Å². The summed E-state index contributed by atoms with van der Waals surface area (Å²) in [4.78, 5) is 26.4. The zero-order chi connectivity index (χ0) is 21.0. The van der Waals surface area contributed by atoms with Crippen LogP contribution in [0.15, 0.2) is 42.5 Å². The van der Waals surface area contributed by atoms with E-state index >= 15 is 0 Å². The van der Waals surface area contributed by atoms with E-state index in [1.807, 2.05) is 37.3 Å². The van der Waals surface area contributed by atoms with E-state index in [4.69, 9.17) is 22.1 Å². The third kappa shape index (κ3) is 5.28. The molecule has 2 atom stereocenters. The Morgan fingerprint density at radius 3 is 2.83 bits per heavy atom. The second kappa shape index (κ2) is 9.29. The van der Waals surface area contributed by atoms with Gasteiger partial charge in [-0.3, -0.25) is 14.5 Å². The van der Waals surface area contributed by atoms with Crippen LogP contribution in [-0.4, -0.2) is 35.4 Å². The number of likely N-dealkylation sites (tertiary alicyclic amines) is 1. The lowest BCUT2D eigenvalue weighted by atomic mass is 10.1. The van der Waals surface area contributed by atoms with Crippen LogP contribution in [0.3, 0.4) is 0 Å². The molecule has 0 spiro atoms. The number of carbonyl (C=O) groups is 2. The standard InChI is InChI=1S/C22H26ClN3O3/c1-14-9-10-17(23)20(12-14)29-15(2)22(28)25-18-7-4-3-6-16(18)13-26-11-5-8-19(26)21(24)27/h3-4,6-7,9-10,12,15,19H,5,8,11,13H2,1-2H3,(H2,24,27)(H,25,28). The number of benzene rings is 2. The van der Waals surface area contributed by atoms with Crippen LogP contribution in [0.4, 0.5) is 5.69 Å². The molecule has 1 heterocycles. The molecular weight excluding hydrogens is 390 g/mol. The molecule has 1 fully saturated rings. The molecule has 2 aromatic carbocycles. The predicted octanol–water partition coefficient (Wildman–Crippen LogP) is 3.50. The number of nitrogens with two attached hydrogens (primary N) is 1. The fourth-order valence-electron chi connectivity index (χ4n) is 3.52. The maximum atomic E-state index is 12.7. The van der Waals surface area contributed by atoms with E-state index in [1.165, 1.54) is 0 Å². The minimum Gasteiger partial charge on any atom is -0.479 e. The smallest absolute Gasteiger partial charge is 0.265 e. The van der Waals surface area contributed by atoms with Crippen molar-refractivity contribution in [3.05, 3.63) is 58.6 Å². The van der Waals surface area contributed by atoms with Crippen molar-refractivity contribution in [3.63, 3.8) is 0 Å². The molecular formula is C22H26ClN3O3. The van der Waals surface area contributed by atoms with Crippen LogP contribution in [0.1, 0.15) is 30.9 Å². The Balaban J connectivity index is 1.69.